The van der Waals surface area contributed by atoms with Gasteiger partial charge in [0.15, 0.2) is 0 Å². The average Bonchev–Trinajstić information content (AvgIpc) is 1.85. The largest absolute Gasteiger partial charge is 0.0839 e. The molecule has 0 spiro atoms. The van der Waals surface area contributed by atoms with Crippen molar-refractivity contribution in [3.05, 3.63) is 32.2 Å². The average molecular weight is 254 g/mol. The molecule has 60 valence electrons. The smallest absolute Gasteiger partial charge is 0.0463 e. The first-order chi connectivity index (χ1) is 5.15. The van der Waals surface area contributed by atoms with Gasteiger partial charge in [-0.15, -0.1) is 0 Å². The molecule has 0 aliphatic rings. The van der Waals surface area contributed by atoms with Gasteiger partial charge in [-0.25, -0.2) is 0 Å². The van der Waals surface area contributed by atoms with Gasteiger partial charge in [-0.2, -0.15) is 0 Å². The molecule has 0 nitrogen and oxygen atoms in total. The van der Waals surface area contributed by atoms with Crippen molar-refractivity contribution in [2.24, 2.45) is 0 Å². The monoisotopic (exact) mass is 252 g/mol. The number of hydrogen-bond donors (Lipinski definition) is 0. The van der Waals surface area contributed by atoms with Crippen molar-refractivity contribution in [3.8, 4) is 0 Å². The van der Waals surface area contributed by atoms with Crippen molar-refractivity contribution in [1.29, 1.82) is 0 Å². The van der Waals surface area contributed by atoms with Crippen LogP contribution in [0.4, 0.5) is 0 Å². The Balaban J connectivity index is 3.25. The van der Waals surface area contributed by atoms with Gasteiger partial charge in [-0.1, -0.05) is 46.1 Å². The maximum absolute atomic E-state index is 5.92. The zero-order chi connectivity index (χ0) is 8.43. The van der Waals surface area contributed by atoms with Crippen LogP contribution in [0.3, 0.4) is 0 Å². The third-order valence-electron chi connectivity index (χ3n) is 1.46. The Kier molecular flexibility index (Phi) is 3.23. The molecule has 0 aromatic heterocycles. The lowest BCUT2D eigenvalue weighted by molar-refractivity contribution is 1.14. The van der Waals surface area contributed by atoms with Gasteiger partial charge in [-0.3, -0.25) is 0 Å². The highest BCUT2D eigenvalue weighted by Crippen LogP contribution is 2.29. The van der Waals surface area contributed by atoms with Crippen molar-refractivity contribution >= 4 is 39.1 Å². The van der Waals surface area contributed by atoms with Gasteiger partial charge in [0.25, 0.3) is 0 Å². The quantitative estimate of drug-likeness (QED) is 0.700. The topological polar surface area (TPSA) is 0 Å². The van der Waals surface area contributed by atoms with E-state index in [0.717, 1.165) is 26.5 Å². The Morgan fingerprint density at radius 2 is 1.73 bits per heavy atom. The van der Waals surface area contributed by atoms with Gasteiger partial charge < -0.3 is 0 Å². The summed E-state index contributed by atoms with van der Waals surface area (Å²) in [6.07, 6.45) is 0.866. The van der Waals surface area contributed by atoms with Crippen molar-refractivity contribution in [2.75, 3.05) is 0 Å². The second-order valence-corrected chi connectivity index (χ2v) is 3.93. The lowest BCUT2D eigenvalue weighted by atomic mass is 10.2. The minimum absolute atomic E-state index is 0.729. The molecule has 0 fully saturated rings. The van der Waals surface area contributed by atoms with Crippen LogP contribution in [0.15, 0.2) is 16.6 Å². The Morgan fingerprint density at radius 3 is 2.09 bits per heavy atom. The summed E-state index contributed by atoms with van der Waals surface area (Å²) in [5, 5.41) is 1.46. The SMILES string of the molecule is CCc1c(Cl)cc(Br)cc1Cl. The Hall–Kier alpha value is 0.280. The molecule has 1 aromatic carbocycles. The lowest BCUT2D eigenvalue weighted by Crippen LogP contribution is -1.83. The Labute approximate surface area is 84.6 Å². The minimum Gasteiger partial charge on any atom is -0.0839 e. The zero-order valence-electron chi connectivity index (χ0n) is 6.00. The normalized spacial score (nSPS) is 10.2. The summed E-state index contributed by atoms with van der Waals surface area (Å²) in [4.78, 5) is 0. The molecule has 0 radical (unpaired) electrons. The second-order valence-electron chi connectivity index (χ2n) is 2.20. The molecule has 0 bridgehead atoms. The molecule has 0 saturated carbocycles. The number of hydrogen-bond acceptors (Lipinski definition) is 0. The molecule has 0 aliphatic heterocycles. The van der Waals surface area contributed by atoms with E-state index in [1.54, 1.807) is 0 Å². The molecule has 1 aromatic rings. The van der Waals surface area contributed by atoms with E-state index in [9.17, 15) is 0 Å². The molecule has 0 amide bonds. The van der Waals surface area contributed by atoms with Crippen LogP contribution in [0.2, 0.25) is 10.0 Å². The highest BCUT2D eigenvalue weighted by molar-refractivity contribution is 9.10. The first-order valence-corrected chi connectivity index (χ1v) is 4.83. The lowest BCUT2D eigenvalue weighted by Gasteiger charge is -2.03. The van der Waals surface area contributed by atoms with E-state index in [4.69, 9.17) is 23.2 Å². The summed E-state index contributed by atoms with van der Waals surface area (Å²) >= 11 is 15.1. The van der Waals surface area contributed by atoms with Crippen LogP contribution in [0, 0.1) is 0 Å². The Morgan fingerprint density at radius 1 is 1.27 bits per heavy atom. The highest BCUT2D eigenvalue weighted by atomic mass is 79.9. The van der Waals surface area contributed by atoms with Crippen LogP contribution < -0.4 is 0 Å². The molecule has 11 heavy (non-hydrogen) atoms. The first kappa shape index (κ1) is 9.37. The minimum atomic E-state index is 0.729. The van der Waals surface area contributed by atoms with Crippen LogP contribution in [-0.4, -0.2) is 0 Å². The number of halogens is 3. The van der Waals surface area contributed by atoms with Crippen LogP contribution in [0.5, 0.6) is 0 Å². The van der Waals surface area contributed by atoms with Crippen LogP contribution in [0.1, 0.15) is 12.5 Å². The van der Waals surface area contributed by atoms with Crippen molar-refractivity contribution < 1.29 is 0 Å². The van der Waals surface area contributed by atoms with Crippen LogP contribution in [-0.2, 0) is 6.42 Å². The van der Waals surface area contributed by atoms with E-state index in [2.05, 4.69) is 15.9 Å². The van der Waals surface area contributed by atoms with Gasteiger partial charge in [0.05, 0.1) is 0 Å². The maximum atomic E-state index is 5.92. The van der Waals surface area contributed by atoms with Crippen molar-refractivity contribution in [1.82, 2.24) is 0 Å². The predicted molar refractivity (Wildman–Crippen MR) is 53.5 cm³/mol. The fraction of sp³-hybridized carbons (Fsp3) is 0.250. The first-order valence-electron chi connectivity index (χ1n) is 3.28. The fourth-order valence-electron chi connectivity index (χ4n) is 0.910. The standard InChI is InChI=1S/C8H7BrCl2/c1-2-6-7(10)3-5(9)4-8(6)11/h3-4H,2H2,1H3. The van der Waals surface area contributed by atoms with Gasteiger partial charge >= 0.3 is 0 Å². The van der Waals surface area contributed by atoms with Crippen LogP contribution >= 0.6 is 39.1 Å². The van der Waals surface area contributed by atoms with Gasteiger partial charge in [0.2, 0.25) is 0 Å². The molecule has 0 atom stereocenters. The van der Waals surface area contributed by atoms with Crippen LogP contribution in [0.25, 0.3) is 0 Å². The molecular formula is C8H7BrCl2. The molecule has 1 rings (SSSR count). The summed E-state index contributed by atoms with van der Waals surface area (Å²) in [6.45, 7) is 2.03. The number of rotatable bonds is 1. The molecule has 0 heterocycles. The summed E-state index contributed by atoms with van der Waals surface area (Å²) < 4.78 is 0.921. The number of benzene rings is 1. The molecule has 3 heteroatoms. The molecule has 0 unspecified atom stereocenters. The summed E-state index contributed by atoms with van der Waals surface area (Å²) in [6, 6.07) is 3.71. The third-order valence-corrected chi connectivity index (χ3v) is 2.59. The Bertz CT molecular complexity index is 248. The van der Waals surface area contributed by atoms with Crippen molar-refractivity contribution in [2.45, 2.75) is 13.3 Å². The molecule has 0 saturated heterocycles. The highest BCUT2D eigenvalue weighted by Gasteiger charge is 2.04. The van der Waals surface area contributed by atoms with E-state index in [1.807, 2.05) is 19.1 Å². The summed E-state index contributed by atoms with van der Waals surface area (Å²) in [5.41, 5.74) is 1.01. The fourth-order valence-corrected chi connectivity index (χ4v) is 2.39. The molecule has 0 N–H and O–H groups in total. The van der Waals surface area contributed by atoms with E-state index in [1.165, 1.54) is 0 Å². The van der Waals surface area contributed by atoms with E-state index < -0.39 is 0 Å². The third kappa shape index (κ3) is 2.11. The molecule has 0 aliphatic carbocycles. The van der Waals surface area contributed by atoms with Gasteiger partial charge in [0, 0.05) is 14.5 Å². The zero-order valence-corrected chi connectivity index (χ0v) is 9.09. The predicted octanol–water partition coefficient (Wildman–Crippen LogP) is 4.32. The van der Waals surface area contributed by atoms with E-state index >= 15 is 0 Å². The summed E-state index contributed by atoms with van der Waals surface area (Å²) in [7, 11) is 0. The van der Waals surface area contributed by atoms with E-state index in [-0.39, 0.29) is 0 Å². The van der Waals surface area contributed by atoms with Crippen molar-refractivity contribution in [3.63, 3.8) is 0 Å². The van der Waals surface area contributed by atoms with E-state index in [0.29, 0.717) is 0 Å². The second kappa shape index (κ2) is 3.79. The molecular weight excluding hydrogens is 247 g/mol. The van der Waals surface area contributed by atoms with Gasteiger partial charge in [0.1, 0.15) is 0 Å². The summed E-state index contributed by atoms with van der Waals surface area (Å²) in [5.74, 6) is 0. The maximum Gasteiger partial charge on any atom is 0.0463 e. The van der Waals surface area contributed by atoms with Gasteiger partial charge in [-0.05, 0) is 24.1 Å².